The minimum Gasteiger partial charge on any atom is -0.486 e. The Morgan fingerprint density at radius 2 is 1.86 bits per heavy atom. The predicted octanol–water partition coefficient (Wildman–Crippen LogP) is 4.75. The first-order valence-electron chi connectivity index (χ1n) is 7.24. The third-order valence-corrected chi connectivity index (χ3v) is 4.74. The lowest BCUT2D eigenvalue weighted by Crippen LogP contribution is -2.17. The summed E-state index contributed by atoms with van der Waals surface area (Å²) in [5.41, 5.74) is 5.15. The molecule has 0 amide bonds. The third-order valence-electron chi connectivity index (χ3n) is 3.92. The van der Waals surface area contributed by atoms with Crippen molar-refractivity contribution in [3.8, 4) is 11.5 Å². The van der Waals surface area contributed by atoms with Gasteiger partial charge in [0.05, 0.1) is 0 Å². The molecule has 1 heterocycles. The van der Waals surface area contributed by atoms with Gasteiger partial charge in [0, 0.05) is 10.4 Å². The summed E-state index contributed by atoms with van der Waals surface area (Å²) in [4.78, 5) is 0.219. The first-order valence-corrected chi connectivity index (χ1v) is 8.15. The number of hydrogen-bond donors (Lipinski definition) is 0. The summed E-state index contributed by atoms with van der Waals surface area (Å²) in [6.45, 7) is 5.54. The van der Waals surface area contributed by atoms with E-state index in [0.29, 0.717) is 13.2 Å². The van der Waals surface area contributed by atoms with E-state index in [4.69, 9.17) is 9.47 Å². The van der Waals surface area contributed by atoms with Gasteiger partial charge in [-0.25, -0.2) is 0 Å². The molecule has 0 aliphatic carbocycles. The summed E-state index contributed by atoms with van der Waals surface area (Å²) >= 11 is 3.81. The summed E-state index contributed by atoms with van der Waals surface area (Å²) < 4.78 is 11.5. The molecule has 0 radical (unpaired) electrons. The van der Waals surface area contributed by atoms with Crippen molar-refractivity contribution in [2.75, 3.05) is 13.2 Å². The monoisotopic (exact) mass is 346 g/mol. The lowest BCUT2D eigenvalue weighted by atomic mass is 9.99. The van der Waals surface area contributed by atoms with Crippen LogP contribution in [0.3, 0.4) is 0 Å². The SMILES string of the molecule is Cc1ccc(CC(Br)c2cccc3c2OCCO3)cc1C. The maximum Gasteiger partial charge on any atom is 0.165 e. The van der Waals surface area contributed by atoms with Gasteiger partial charge in [-0.3, -0.25) is 0 Å². The largest absolute Gasteiger partial charge is 0.486 e. The Bertz CT molecular complexity index is 652. The second kappa shape index (κ2) is 6.10. The molecule has 0 saturated heterocycles. The first kappa shape index (κ1) is 14.5. The summed E-state index contributed by atoms with van der Waals surface area (Å²) in [5.74, 6) is 1.73. The molecule has 2 aromatic rings. The Hall–Kier alpha value is -1.48. The van der Waals surface area contributed by atoms with Crippen LogP contribution < -0.4 is 9.47 Å². The lowest BCUT2D eigenvalue weighted by Gasteiger charge is -2.23. The van der Waals surface area contributed by atoms with Crippen molar-refractivity contribution in [1.29, 1.82) is 0 Å². The van der Waals surface area contributed by atoms with Gasteiger partial charge in [-0.1, -0.05) is 46.3 Å². The molecular weight excluding hydrogens is 328 g/mol. The van der Waals surface area contributed by atoms with Crippen LogP contribution in [0.5, 0.6) is 11.5 Å². The van der Waals surface area contributed by atoms with Gasteiger partial charge in [0.2, 0.25) is 0 Å². The number of rotatable bonds is 3. The number of fused-ring (bicyclic) bond motifs is 1. The fourth-order valence-electron chi connectivity index (χ4n) is 2.59. The van der Waals surface area contributed by atoms with Crippen molar-refractivity contribution >= 4 is 15.9 Å². The smallest absolute Gasteiger partial charge is 0.165 e. The number of para-hydroxylation sites is 1. The maximum atomic E-state index is 5.80. The van der Waals surface area contributed by atoms with Crippen molar-refractivity contribution in [2.24, 2.45) is 0 Å². The fourth-order valence-corrected chi connectivity index (χ4v) is 3.32. The van der Waals surface area contributed by atoms with Crippen molar-refractivity contribution in [3.05, 3.63) is 58.7 Å². The zero-order chi connectivity index (χ0) is 14.8. The molecule has 0 saturated carbocycles. The van der Waals surface area contributed by atoms with Gasteiger partial charge < -0.3 is 9.47 Å². The second-order valence-electron chi connectivity index (χ2n) is 5.46. The third kappa shape index (κ3) is 3.08. The Balaban J connectivity index is 1.85. The molecule has 2 aromatic carbocycles. The van der Waals surface area contributed by atoms with Gasteiger partial charge in [-0.05, 0) is 43.0 Å². The predicted molar refractivity (Wildman–Crippen MR) is 88.7 cm³/mol. The van der Waals surface area contributed by atoms with Gasteiger partial charge in [0.1, 0.15) is 13.2 Å². The number of alkyl halides is 1. The Morgan fingerprint density at radius 1 is 1.05 bits per heavy atom. The number of hydrogen-bond acceptors (Lipinski definition) is 2. The van der Waals surface area contributed by atoms with E-state index >= 15 is 0 Å². The van der Waals surface area contributed by atoms with E-state index in [1.807, 2.05) is 12.1 Å². The van der Waals surface area contributed by atoms with E-state index in [0.717, 1.165) is 23.5 Å². The van der Waals surface area contributed by atoms with E-state index < -0.39 is 0 Å². The van der Waals surface area contributed by atoms with E-state index in [-0.39, 0.29) is 4.83 Å². The fraction of sp³-hybridized carbons (Fsp3) is 0.333. The average molecular weight is 347 g/mol. The molecule has 1 aliphatic rings. The maximum absolute atomic E-state index is 5.80. The number of benzene rings is 2. The van der Waals surface area contributed by atoms with Crippen LogP contribution in [-0.2, 0) is 6.42 Å². The number of ether oxygens (including phenoxy) is 2. The second-order valence-corrected chi connectivity index (χ2v) is 6.57. The molecule has 110 valence electrons. The van der Waals surface area contributed by atoms with E-state index in [9.17, 15) is 0 Å². The number of halogens is 1. The van der Waals surface area contributed by atoms with Crippen molar-refractivity contribution in [3.63, 3.8) is 0 Å². The molecule has 1 atom stereocenters. The molecule has 1 unspecified atom stereocenters. The van der Waals surface area contributed by atoms with Crippen LogP contribution >= 0.6 is 15.9 Å². The zero-order valence-electron chi connectivity index (χ0n) is 12.4. The zero-order valence-corrected chi connectivity index (χ0v) is 13.9. The van der Waals surface area contributed by atoms with Gasteiger partial charge >= 0.3 is 0 Å². The summed E-state index contributed by atoms with van der Waals surface area (Å²) in [5, 5.41) is 0. The van der Waals surface area contributed by atoms with Crippen LogP contribution in [0.2, 0.25) is 0 Å². The summed E-state index contributed by atoms with van der Waals surface area (Å²) in [6, 6.07) is 12.7. The molecule has 3 rings (SSSR count). The minimum absolute atomic E-state index is 0.219. The van der Waals surface area contributed by atoms with Crippen LogP contribution in [0.1, 0.15) is 27.1 Å². The lowest BCUT2D eigenvalue weighted by molar-refractivity contribution is 0.170. The Labute approximate surface area is 134 Å². The minimum atomic E-state index is 0.219. The highest BCUT2D eigenvalue weighted by atomic mass is 79.9. The summed E-state index contributed by atoms with van der Waals surface area (Å²) in [6.07, 6.45) is 0.931. The van der Waals surface area contributed by atoms with Crippen LogP contribution in [0.25, 0.3) is 0 Å². The highest BCUT2D eigenvalue weighted by Crippen LogP contribution is 2.41. The van der Waals surface area contributed by atoms with E-state index in [1.165, 1.54) is 16.7 Å². The topological polar surface area (TPSA) is 18.5 Å². The van der Waals surface area contributed by atoms with Gasteiger partial charge in [-0.2, -0.15) is 0 Å². The molecule has 3 heteroatoms. The normalized spacial score (nSPS) is 14.8. The summed E-state index contributed by atoms with van der Waals surface area (Å²) in [7, 11) is 0. The number of aryl methyl sites for hydroxylation is 2. The quantitative estimate of drug-likeness (QED) is 0.746. The molecule has 0 N–H and O–H groups in total. The molecule has 21 heavy (non-hydrogen) atoms. The van der Waals surface area contributed by atoms with Crippen LogP contribution in [-0.4, -0.2) is 13.2 Å². The van der Waals surface area contributed by atoms with Crippen LogP contribution in [0.4, 0.5) is 0 Å². The van der Waals surface area contributed by atoms with Crippen LogP contribution in [0, 0.1) is 13.8 Å². The standard InChI is InChI=1S/C18H19BrO2/c1-12-6-7-14(10-13(12)2)11-16(19)15-4-3-5-17-18(15)21-9-8-20-17/h3-7,10,16H,8-9,11H2,1-2H3. The van der Waals surface area contributed by atoms with Gasteiger partial charge in [0.25, 0.3) is 0 Å². The van der Waals surface area contributed by atoms with Crippen molar-refractivity contribution in [1.82, 2.24) is 0 Å². The molecule has 0 spiro atoms. The first-order chi connectivity index (χ1) is 10.1. The Kier molecular flexibility index (Phi) is 4.20. The van der Waals surface area contributed by atoms with Crippen molar-refractivity contribution < 1.29 is 9.47 Å². The van der Waals surface area contributed by atoms with Crippen molar-refractivity contribution in [2.45, 2.75) is 25.1 Å². The van der Waals surface area contributed by atoms with Gasteiger partial charge in [-0.15, -0.1) is 0 Å². The van der Waals surface area contributed by atoms with E-state index in [1.54, 1.807) is 0 Å². The average Bonchev–Trinajstić information content (AvgIpc) is 2.50. The molecule has 0 bridgehead atoms. The van der Waals surface area contributed by atoms with Crippen LogP contribution in [0.15, 0.2) is 36.4 Å². The highest BCUT2D eigenvalue weighted by molar-refractivity contribution is 9.09. The Morgan fingerprint density at radius 3 is 2.67 bits per heavy atom. The molecular formula is C18H19BrO2. The molecule has 0 aromatic heterocycles. The molecule has 1 aliphatic heterocycles. The highest BCUT2D eigenvalue weighted by Gasteiger charge is 2.20. The molecule has 2 nitrogen and oxygen atoms in total. The van der Waals surface area contributed by atoms with E-state index in [2.05, 4.69) is 54.0 Å². The van der Waals surface area contributed by atoms with Gasteiger partial charge in [0.15, 0.2) is 11.5 Å². The molecule has 0 fully saturated rings.